The van der Waals surface area contributed by atoms with Crippen molar-refractivity contribution in [2.45, 2.75) is 32.6 Å². The summed E-state index contributed by atoms with van der Waals surface area (Å²) in [7, 11) is 0. The number of carbonyl (C=O) groups is 2. The lowest BCUT2D eigenvalue weighted by Gasteiger charge is -2.28. The summed E-state index contributed by atoms with van der Waals surface area (Å²) in [6.07, 6.45) is 5.02. The van der Waals surface area contributed by atoms with Crippen LogP contribution in [0.5, 0.6) is 0 Å². The number of aliphatic carboxylic acids is 1. The molecule has 0 aromatic carbocycles. The Morgan fingerprint density at radius 2 is 2.00 bits per heavy atom. The van der Waals surface area contributed by atoms with Crippen LogP contribution in [0, 0.1) is 11.8 Å². The molecule has 5 heteroatoms. The molecule has 2 unspecified atom stereocenters. The first kappa shape index (κ1) is 14.4. The van der Waals surface area contributed by atoms with Gasteiger partial charge < -0.3 is 10.4 Å². The fourth-order valence-corrected chi connectivity index (χ4v) is 2.79. The van der Waals surface area contributed by atoms with Crippen molar-refractivity contribution < 1.29 is 14.7 Å². The molecule has 0 aromatic rings. The van der Waals surface area contributed by atoms with E-state index in [0.717, 1.165) is 18.3 Å². The van der Waals surface area contributed by atoms with Crippen molar-refractivity contribution in [3.63, 3.8) is 0 Å². The van der Waals surface area contributed by atoms with Gasteiger partial charge in [0, 0.05) is 6.54 Å². The van der Waals surface area contributed by atoms with Crippen LogP contribution in [0.15, 0.2) is 0 Å². The summed E-state index contributed by atoms with van der Waals surface area (Å²) in [5.74, 6) is 0.603. The van der Waals surface area contributed by atoms with E-state index >= 15 is 0 Å². The molecule has 0 aliphatic heterocycles. The number of nitrogens with one attached hydrogen (secondary N) is 1. The van der Waals surface area contributed by atoms with Crippen molar-refractivity contribution in [3.05, 3.63) is 0 Å². The zero-order valence-electron chi connectivity index (χ0n) is 10.3. The summed E-state index contributed by atoms with van der Waals surface area (Å²) < 4.78 is 0. The number of hydrogen-bond donors (Lipinski definition) is 2. The predicted octanol–water partition coefficient (Wildman–Crippen LogP) is 1.75. The minimum Gasteiger partial charge on any atom is -0.481 e. The molecule has 2 atom stereocenters. The van der Waals surface area contributed by atoms with Crippen LogP contribution < -0.4 is 5.32 Å². The monoisotopic (exact) mass is 259 g/mol. The van der Waals surface area contributed by atoms with Gasteiger partial charge in [-0.2, -0.15) is 0 Å². The average Bonchev–Trinajstić information content (AvgIpc) is 2.27. The molecule has 4 nitrogen and oxygen atoms in total. The smallest absolute Gasteiger partial charge is 0.313 e. The Labute approximate surface area is 107 Å². The molecule has 0 bridgehead atoms. The number of rotatable bonds is 6. The van der Waals surface area contributed by atoms with Crippen molar-refractivity contribution in [1.29, 1.82) is 0 Å². The SMILES string of the molecule is CC1CCCCC1CNC(=O)CSCC(=O)O. The second kappa shape index (κ2) is 7.58. The molecular weight excluding hydrogens is 238 g/mol. The molecule has 0 spiro atoms. The van der Waals surface area contributed by atoms with Gasteiger partial charge in [-0.15, -0.1) is 11.8 Å². The minimum absolute atomic E-state index is 0.00670. The Balaban J connectivity index is 2.12. The number of thioether (sulfide) groups is 1. The summed E-state index contributed by atoms with van der Waals surface area (Å²) in [5, 5.41) is 11.3. The van der Waals surface area contributed by atoms with Crippen LogP contribution in [0.2, 0.25) is 0 Å². The van der Waals surface area contributed by atoms with E-state index in [2.05, 4.69) is 12.2 Å². The van der Waals surface area contributed by atoms with Gasteiger partial charge in [-0.25, -0.2) is 0 Å². The van der Waals surface area contributed by atoms with E-state index in [1.807, 2.05) is 0 Å². The fourth-order valence-electron chi connectivity index (χ4n) is 2.22. The van der Waals surface area contributed by atoms with E-state index in [4.69, 9.17) is 5.11 Å². The molecule has 1 aliphatic rings. The van der Waals surface area contributed by atoms with Crippen LogP contribution in [0.4, 0.5) is 0 Å². The van der Waals surface area contributed by atoms with E-state index in [1.165, 1.54) is 25.7 Å². The molecular formula is C12H21NO3S. The highest BCUT2D eigenvalue weighted by atomic mass is 32.2. The number of carboxylic acid groups (broad SMARTS) is 1. The van der Waals surface area contributed by atoms with Gasteiger partial charge in [-0.3, -0.25) is 9.59 Å². The molecule has 1 amide bonds. The quantitative estimate of drug-likeness (QED) is 0.762. The van der Waals surface area contributed by atoms with E-state index in [1.54, 1.807) is 0 Å². The maximum atomic E-state index is 11.4. The van der Waals surface area contributed by atoms with Crippen LogP contribution in [-0.2, 0) is 9.59 Å². The van der Waals surface area contributed by atoms with Crippen molar-refractivity contribution >= 4 is 23.6 Å². The third kappa shape index (κ3) is 5.96. The Morgan fingerprint density at radius 1 is 1.29 bits per heavy atom. The lowest BCUT2D eigenvalue weighted by Crippen LogP contribution is -2.34. The van der Waals surface area contributed by atoms with E-state index in [0.29, 0.717) is 11.8 Å². The maximum absolute atomic E-state index is 11.4. The van der Waals surface area contributed by atoms with Crippen molar-refractivity contribution in [1.82, 2.24) is 5.32 Å². The first-order chi connectivity index (χ1) is 8.09. The Hall–Kier alpha value is -0.710. The van der Waals surface area contributed by atoms with Crippen LogP contribution in [0.25, 0.3) is 0 Å². The summed E-state index contributed by atoms with van der Waals surface area (Å²) in [6, 6.07) is 0. The largest absolute Gasteiger partial charge is 0.481 e. The van der Waals surface area contributed by atoms with Gasteiger partial charge in [0.05, 0.1) is 11.5 Å². The highest BCUT2D eigenvalue weighted by Gasteiger charge is 2.21. The van der Waals surface area contributed by atoms with E-state index < -0.39 is 5.97 Å². The maximum Gasteiger partial charge on any atom is 0.313 e. The van der Waals surface area contributed by atoms with Gasteiger partial charge >= 0.3 is 5.97 Å². The molecule has 1 aliphatic carbocycles. The predicted molar refractivity (Wildman–Crippen MR) is 69.1 cm³/mol. The number of carbonyl (C=O) groups excluding carboxylic acids is 1. The van der Waals surface area contributed by atoms with Gasteiger partial charge in [-0.05, 0) is 18.3 Å². The van der Waals surface area contributed by atoms with Crippen LogP contribution in [0.3, 0.4) is 0 Å². The van der Waals surface area contributed by atoms with Crippen molar-refractivity contribution in [2.24, 2.45) is 11.8 Å². The Kier molecular flexibility index (Phi) is 6.40. The standard InChI is InChI=1S/C12H21NO3S/c1-9-4-2-3-5-10(9)6-13-11(14)7-17-8-12(15)16/h9-10H,2-8H2,1H3,(H,13,14)(H,15,16). The highest BCUT2D eigenvalue weighted by Crippen LogP contribution is 2.28. The van der Waals surface area contributed by atoms with Crippen LogP contribution in [-0.4, -0.2) is 35.0 Å². The zero-order valence-corrected chi connectivity index (χ0v) is 11.1. The highest BCUT2D eigenvalue weighted by molar-refractivity contribution is 8.00. The second-order valence-electron chi connectivity index (χ2n) is 4.71. The molecule has 0 saturated heterocycles. The van der Waals surface area contributed by atoms with E-state index in [9.17, 15) is 9.59 Å². The van der Waals surface area contributed by atoms with Crippen LogP contribution >= 0.6 is 11.8 Å². The lowest BCUT2D eigenvalue weighted by molar-refractivity contribution is -0.133. The molecule has 17 heavy (non-hydrogen) atoms. The van der Waals surface area contributed by atoms with Crippen molar-refractivity contribution in [3.8, 4) is 0 Å². The van der Waals surface area contributed by atoms with Gasteiger partial charge in [0.2, 0.25) is 5.91 Å². The number of carboxylic acids is 1. The topological polar surface area (TPSA) is 66.4 Å². The third-order valence-corrected chi connectivity index (χ3v) is 4.23. The Bertz CT molecular complexity index is 270. The fraction of sp³-hybridized carbons (Fsp3) is 0.833. The first-order valence-electron chi connectivity index (χ1n) is 6.16. The normalized spacial score (nSPS) is 24.3. The summed E-state index contributed by atoms with van der Waals surface area (Å²) >= 11 is 1.15. The number of amides is 1. The summed E-state index contributed by atoms with van der Waals surface area (Å²) in [6.45, 7) is 2.99. The van der Waals surface area contributed by atoms with Crippen LogP contribution in [0.1, 0.15) is 32.6 Å². The molecule has 1 fully saturated rings. The van der Waals surface area contributed by atoms with Gasteiger partial charge in [-0.1, -0.05) is 26.2 Å². The number of hydrogen-bond acceptors (Lipinski definition) is 3. The molecule has 0 radical (unpaired) electrons. The average molecular weight is 259 g/mol. The molecule has 2 N–H and O–H groups in total. The van der Waals surface area contributed by atoms with Crippen molar-refractivity contribution in [2.75, 3.05) is 18.1 Å². The molecule has 98 valence electrons. The van der Waals surface area contributed by atoms with Gasteiger partial charge in [0.15, 0.2) is 0 Å². The zero-order chi connectivity index (χ0) is 12.7. The lowest BCUT2D eigenvalue weighted by atomic mass is 9.80. The molecule has 1 saturated carbocycles. The molecule has 1 rings (SSSR count). The third-order valence-electron chi connectivity index (χ3n) is 3.31. The summed E-state index contributed by atoms with van der Waals surface area (Å²) in [5.41, 5.74) is 0. The molecule has 0 aromatic heterocycles. The summed E-state index contributed by atoms with van der Waals surface area (Å²) in [4.78, 5) is 21.7. The first-order valence-corrected chi connectivity index (χ1v) is 7.31. The van der Waals surface area contributed by atoms with E-state index in [-0.39, 0.29) is 17.4 Å². The molecule has 0 heterocycles. The Morgan fingerprint density at radius 3 is 2.65 bits per heavy atom. The minimum atomic E-state index is -0.872. The van der Waals surface area contributed by atoms with Gasteiger partial charge in [0.1, 0.15) is 0 Å². The van der Waals surface area contributed by atoms with Gasteiger partial charge in [0.25, 0.3) is 0 Å². The second-order valence-corrected chi connectivity index (χ2v) is 5.70.